The van der Waals surface area contributed by atoms with E-state index in [0.29, 0.717) is 22.1 Å². The van der Waals surface area contributed by atoms with Gasteiger partial charge in [0.2, 0.25) is 0 Å². The summed E-state index contributed by atoms with van der Waals surface area (Å²) >= 11 is 6.28. The van der Waals surface area contributed by atoms with Crippen LogP contribution in [0.3, 0.4) is 0 Å². The van der Waals surface area contributed by atoms with Crippen molar-refractivity contribution in [2.24, 2.45) is 5.92 Å². The Balaban J connectivity index is 3.18. The van der Waals surface area contributed by atoms with Gasteiger partial charge in [-0.25, -0.2) is 0 Å². The van der Waals surface area contributed by atoms with Crippen molar-refractivity contribution in [2.45, 2.75) is 32.8 Å². The Morgan fingerprint density at radius 3 is 2.22 bits per heavy atom. The summed E-state index contributed by atoms with van der Waals surface area (Å²) in [5.74, 6) is 1.24. The van der Waals surface area contributed by atoms with Crippen LogP contribution in [0.25, 0.3) is 0 Å². The quantitative estimate of drug-likeness (QED) is 0.855. The van der Waals surface area contributed by atoms with Crippen LogP contribution < -0.4 is 9.47 Å². The minimum Gasteiger partial charge on any atom is -0.493 e. The number of hydrogen-bond acceptors (Lipinski definition) is 3. The van der Waals surface area contributed by atoms with Gasteiger partial charge in [-0.15, -0.1) is 0 Å². The van der Waals surface area contributed by atoms with Crippen molar-refractivity contribution in [1.29, 1.82) is 0 Å². The summed E-state index contributed by atoms with van der Waals surface area (Å²) in [5, 5.41) is 10.8. The van der Waals surface area contributed by atoms with Crippen LogP contribution in [0.15, 0.2) is 12.1 Å². The number of hydrogen-bond donors (Lipinski definition) is 1. The summed E-state index contributed by atoms with van der Waals surface area (Å²) in [7, 11) is 3.10. The van der Waals surface area contributed by atoms with Crippen LogP contribution in [-0.4, -0.2) is 19.3 Å². The van der Waals surface area contributed by atoms with Gasteiger partial charge in [0.05, 0.1) is 25.3 Å². The molecule has 0 spiro atoms. The Labute approximate surface area is 114 Å². The minimum atomic E-state index is -0.577. The maximum absolute atomic E-state index is 10.4. The molecule has 0 saturated carbocycles. The summed E-state index contributed by atoms with van der Waals surface area (Å²) in [4.78, 5) is 0. The molecular formula is C14H21ClO3. The molecular weight excluding hydrogens is 252 g/mol. The second kappa shape index (κ2) is 6.86. The molecule has 0 saturated heterocycles. The van der Waals surface area contributed by atoms with E-state index in [2.05, 4.69) is 13.8 Å². The highest BCUT2D eigenvalue weighted by molar-refractivity contribution is 6.33. The van der Waals surface area contributed by atoms with Crippen molar-refractivity contribution in [1.82, 2.24) is 0 Å². The number of halogens is 1. The summed E-state index contributed by atoms with van der Waals surface area (Å²) < 4.78 is 10.4. The van der Waals surface area contributed by atoms with Gasteiger partial charge in [-0.3, -0.25) is 0 Å². The first-order valence-corrected chi connectivity index (χ1v) is 6.56. The summed E-state index contributed by atoms with van der Waals surface area (Å²) in [5.41, 5.74) is 0.697. The predicted octanol–water partition coefficient (Wildman–Crippen LogP) is 3.83. The number of benzene rings is 1. The zero-order chi connectivity index (χ0) is 13.7. The summed E-state index contributed by atoms with van der Waals surface area (Å²) in [6, 6.07) is 3.57. The molecule has 0 aromatic heterocycles. The Morgan fingerprint density at radius 1 is 1.17 bits per heavy atom. The van der Waals surface area contributed by atoms with E-state index in [1.54, 1.807) is 19.2 Å². The minimum absolute atomic E-state index is 0.195. The molecule has 1 atom stereocenters. The van der Waals surface area contributed by atoms with Crippen molar-refractivity contribution in [3.63, 3.8) is 0 Å². The first-order chi connectivity index (χ1) is 8.60. The van der Waals surface area contributed by atoms with Crippen LogP contribution in [0.4, 0.5) is 0 Å². The van der Waals surface area contributed by atoms with Crippen molar-refractivity contribution in [3.05, 3.63) is 22.7 Å². The monoisotopic (exact) mass is 272 g/mol. The fourth-order valence-corrected chi connectivity index (χ4v) is 2.47. The molecule has 4 heteroatoms. The fourth-order valence-electron chi connectivity index (χ4n) is 2.12. The lowest BCUT2D eigenvalue weighted by molar-refractivity contribution is 0.103. The van der Waals surface area contributed by atoms with Gasteiger partial charge in [0, 0.05) is 5.56 Å². The van der Waals surface area contributed by atoms with Gasteiger partial charge < -0.3 is 14.6 Å². The molecule has 0 aliphatic heterocycles. The van der Waals surface area contributed by atoms with Gasteiger partial charge in [0.25, 0.3) is 0 Å². The molecule has 0 amide bonds. The van der Waals surface area contributed by atoms with E-state index in [4.69, 9.17) is 21.1 Å². The van der Waals surface area contributed by atoms with E-state index in [1.807, 2.05) is 0 Å². The van der Waals surface area contributed by atoms with Crippen LogP contribution in [-0.2, 0) is 0 Å². The zero-order valence-corrected chi connectivity index (χ0v) is 12.1. The predicted molar refractivity (Wildman–Crippen MR) is 73.6 cm³/mol. The average Bonchev–Trinajstić information content (AvgIpc) is 2.39. The Morgan fingerprint density at radius 2 is 1.78 bits per heavy atom. The number of aliphatic hydroxyl groups is 1. The van der Waals surface area contributed by atoms with Gasteiger partial charge >= 0.3 is 0 Å². The normalized spacial score (nSPS) is 12.6. The van der Waals surface area contributed by atoms with Gasteiger partial charge in [-0.2, -0.15) is 0 Å². The number of methoxy groups -OCH3 is 2. The molecule has 0 bridgehead atoms. The summed E-state index contributed by atoms with van der Waals surface area (Å²) in [6.45, 7) is 4.12. The van der Waals surface area contributed by atoms with Crippen molar-refractivity contribution in [2.75, 3.05) is 14.2 Å². The van der Waals surface area contributed by atoms with Crippen LogP contribution in [0.2, 0.25) is 5.02 Å². The molecule has 1 N–H and O–H groups in total. The van der Waals surface area contributed by atoms with E-state index >= 15 is 0 Å². The standard InChI is InChI=1S/C14H21ClO3/c1-5-9(6-2)13(16)10-7-8-11(17-3)14(18-4)12(10)15/h7-9,13,16H,5-6H2,1-4H3. The highest BCUT2D eigenvalue weighted by atomic mass is 35.5. The highest BCUT2D eigenvalue weighted by Gasteiger charge is 2.23. The lowest BCUT2D eigenvalue weighted by Crippen LogP contribution is -2.12. The second-order valence-corrected chi connectivity index (χ2v) is 4.60. The molecule has 18 heavy (non-hydrogen) atoms. The maximum Gasteiger partial charge on any atom is 0.179 e. The van der Waals surface area contributed by atoms with E-state index in [0.717, 1.165) is 12.8 Å². The molecule has 0 radical (unpaired) electrons. The Hall–Kier alpha value is -0.930. The van der Waals surface area contributed by atoms with E-state index in [9.17, 15) is 5.11 Å². The van der Waals surface area contributed by atoms with Gasteiger partial charge in [-0.05, 0) is 12.0 Å². The number of aliphatic hydroxyl groups excluding tert-OH is 1. The molecule has 1 rings (SSSR count). The van der Waals surface area contributed by atoms with Crippen LogP contribution >= 0.6 is 11.6 Å². The lowest BCUT2D eigenvalue weighted by atomic mass is 9.91. The summed E-state index contributed by atoms with van der Waals surface area (Å²) in [6.07, 6.45) is 1.23. The topological polar surface area (TPSA) is 38.7 Å². The molecule has 1 aromatic carbocycles. The average molecular weight is 273 g/mol. The molecule has 0 fully saturated rings. The van der Waals surface area contributed by atoms with Crippen molar-refractivity contribution >= 4 is 11.6 Å². The smallest absolute Gasteiger partial charge is 0.179 e. The number of ether oxygens (including phenoxy) is 2. The van der Waals surface area contributed by atoms with Crippen molar-refractivity contribution in [3.8, 4) is 11.5 Å². The fraction of sp³-hybridized carbons (Fsp3) is 0.571. The third-order valence-corrected chi connectivity index (χ3v) is 3.72. The Kier molecular flexibility index (Phi) is 5.76. The molecule has 102 valence electrons. The van der Waals surface area contributed by atoms with Crippen LogP contribution in [0, 0.1) is 5.92 Å². The Bertz CT molecular complexity index is 389. The van der Waals surface area contributed by atoms with Gasteiger partial charge in [0.15, 0.2) is 11.5 Å². The molecule has 3 nitrogen and oxygen atoms in total. The molecule has 0 heterocycles. The highest BCUT2D eigenvalue weighted by Crippen LogP contribution is 2.41. The molecule has 0 aliphatic rings. The second-order valence-electron chi connectivity index (χ2n) is 4.23. The third kappa shape index (κ3) is 2.90. The maximum atomic E-state index is 10.4. The first-order valence-electron chi connectivity index (χ1n) is 6.19. The SMILES string of the molecule is CCC(CC)C(O)c1ccc(OC)c(OC)c1Cl. The first kappa shape index (κ1) is 15.1. The molecule has 1 unspecified atom stereocenters. The molecule has 1 aromatic rings. The number of rotatable bonds is 6. The third-order valence-electron chi connectivity index (χ3n) is 3.33. The van der Waals surface area contributed by atoms with E-state index in [-0.39, 0.29) is 5.92 Å². The molecule has 0 aliphatic carbocycles. The van der Waals surface area contributed by atoms with Gasteiger partial charge in [-0.1, -0.05) is 44.4 Å². The zero-order valence-electron chi connectivity index (χ0n) is 11.4. The van der Waals surface area contributed by atoms with E-state index in [1.165, 1.54) is 7.11 Å². The van der Waals surface area contributed by atoms with Crippen LogP contribution in [0.5, 0.6) is 11.5 Å². The van der Waals surface area contributed by atoms with Gasteiger partial charge in [0.1, 0.15) is 0 Å². The van der Waals surface area contributed by atoms with Crippen LogP contribution in [0.1, 0.15) is 38.4 Å². The lowest BCUT2D eigenvalue weighted by Gasteiger charge is -2.22. The largest absolute Gasteiger partial charge is 0.493 e. The van der Waals surface area contributed by atoms with E-state index < -0.39 is 6.10 Å². The van der Waals surface area contributed by atoms with Crippen molar-refractivity contribution < 1.29 is 14.6 Å².